The third kappa shape index (κ3) is 1.96. The maximum absolute atomic E-state index is 12.8. The van der Waals surface area contributed by atoms with E-state index in [1.54, 1.807) is 24.0 Å². The molecular weight excluding hydrogens is 257 g/mol. The lowest BCUT2D eigenvalue weighted by Crippen LogP contribution is -2.03. The molecule has 3 aromatic heterocycles. The van der Waals surface area contributed by atoms with Gasteiger partial charge < -0.3 is 4.98 Å². The Morgan fingerprint density at radius 1 is 1.32 bits per heavy atom. The Hall–Kier alpha value is -2.31. The maximum Gasteiger partial charge on any atom is 0.418 e. The number of nitrogens with one attached hydrogen (secondary N) is 1. The number of aromatic amines is 1. The molecule has 0 unspecified atom stereocenters. The summed E-state index contributed by atoms with van der Waals surface area (Å²) >= 11 is 0. The van der Waals surface area contributed by atoms with Crippen LogP contribution in [0.15, 0.2) is 30.7 Å². The van der Waals surface area contributed by atoms with E-state index in [2.05, 4.69) is 15.1 Å². The molecule has 7 heteroatoms. The molecule has 98 valence electrons. The van der Waals surface area contributed by atoms with E-state index in [1.807, 2.05) is 0 Å². The molecule has 0 amide bonds. The Balaban J connectivity index is 2.19. The van der Waals surface area contributed by atoms with Crippen molar-refractivity contribution in [1.82, 2.24) is 19.7 Å². The Kier molecular flexibility index (Phi) is 2.38. The van der Waals surface area contributed by atoms with Gasteiger partial charge in [0, 0.05) is 36.6 Å². The summed E-state index contributed by atoms with van der Waals surface area (Å²) in [5.74, 6) is 0. The maximum atomic E-state index is 12.8. The first kappa shape index (κ1) is 11.8. The number of hydrogen-bond acceptors (Lipinski definition) is 2. The van der Waals surface area contributed by atoms with Crippen molar-refractivity contribution in [1.29, 1.82) is 0 Å². The van der Waals surface area contributed by atoms with E-state index in [9.17, 15) is 13.2 Å². The number of rotatable bonds is 1. The highest BCUT2D eigenvalue weighted by atomic mass is 19.4. The molecule has 4 nitrogen and oxygen atoms in total. The van der Waals surface area contributed by atoms with Gasteiger partial charge in [0.1, 0.15) is 5.65 Å². The van der Waals surface area contributed by atoms with Crippen molar-refractivity contribution in [3.8, 4) is 11.3 Å². The first-order chi connectivity index (χ1) is 8.95. The fourth-order valence-corrected chi connectivity index (χ4v) is 1.95. The fourth-order valence-electron chi connectivity index (χ4n) is 1.95. The predicted molar refractivity (Wildman–Crippen MR) is 63.3 cm³/mol. The van der Waals surface area contributed by atoms with E-state index in [1.165, 1.54) is 12.3 Å². The molecule has 0 aliphatic carbocycles. The van der Waals surface area contributed by atoms with Crippen LogP contribution in [0.4, 0.5) is 13.2 Å². The number of H-pyrrole nitrogens is 1. The summed E-state index contributed by atoms with van der Waals surface area (Å²) in [6.45, 7) is 0. The summed E-state index contributed by atoms with van der Waals surface area (Å²) in [5.41, 5.74) is 0.643. The smallest absolute Gasteiger partial charge is 0.346 e. The number of aryl methyl sites for hydroxylation is 1. The lowest BCUT2D eigenvalue weighted by molar-refractivity contribution is -0.136. The summed E-state index contributed by atoms with van der Waals surface area (Å²) in [6.07, 6.45) is -0.245. The van der Waals surface area contributed by atoms with Gasteiger partial charge in [-0.05, 0) is 12.1 Å². The molecule has 0 spiro atoms. The van der Waals surface area contributed by atoms with Crippen molar-refractivity contribution in [2.24, 2.45) is 7.05 Å². The van der Waals surface area contributed by atoms with Crippen LogP contribution in [0.1, 0.15) is 5.56 Å². The average Bonchev–Trinajstić information content (AvgIpc) is 2.92. The highest BCUT2D eigenvalue weighted by molar-refractivity contribution is 5.84. The summed E-state index contributed by atoms with van der Waals surface area (Å²) in [4.78, 5) is 6.52. The van der Waals surface area contributed by atoms with Gasteiger partial charge in [0.15, 0.2) is 0 Å². The minimum absolute atomic E-state index is 0.0515. The van der Waals surface area contributed by atoms with Gasteiger partial charge in [-0.25, -0.2) is 4.98 Å². The summed E-state index contributed by atoms with van der Waals surface area (Å²) in [6, 6.07) is 3.17. The molecule has 3 rings (SSSR count). The van der Waals surface area contributed by atoms with Gasteiger partial charge in [-0.2, -0.15) is 18.3 Å². The molecule has 0 aliphatic heterocycles. The topological polar surface area (TPSA) is 46.5 Å². The monoisotopic (exact) mass is 266 g/mol. The lowest BCUT2D eigenvalue weighted by atomic mass is 10.1. The third-order valence-electron chi connectivity index (χ3n) is 2.85. The van der Waals surface area contributed by atoms with Gasteiger partial charge in [-0.3, -0.25) is 4.68 Å². The van der Waals surface area contributed by atoms with Crippen molar-refractivity contribution in [3.63, 3.8) is 0 Å². The number of hydrogen-bond donors (Lipinski definition) is 1. The van der Waals surface area contributed by atoms with Crippen LogP contribution in [0.25, 0.3) is 22.3 Å². The highest BCUT2D eigenvalue weighted by Crippen LogP contribution is 2.35. The van der Waals surface area contributed by atoms with Crippen molar-refractivity contribution in [2.75, 3.05) is 0 Å². The molecule has 0 saturated heterocycles. The molecule has 0 atom stereocenters. The Morgan fingerprint density at radius 2 is 2.11 bits per heavy atom. The zero-order valence-corrected chi connectivity index (χ0v) is 9.86. The van der Waals surface area contributed by atoms with E-state index >= 15 is 0 Å². The second kappa shape index (κ2) is 3.84. The summed E-state index contributed by atoms with van der Waals surface area (Å²) in [5, 5.41) is 4.20. The molecule has 1 N–H and O–H groups in total. The van der Waals surface area contributed by atoms with Gasteiger partial charge in [0.2, 0.25) is 0 Å². The van der Waals surface area contributed by atoms with Crippen LogP contribution in [-0.2, 0) is 13.2 Å². The third-order valence-corrected chi connectivity index (χ3v) is 2.85. The number of fused-ring (bicyclic) bond motifs is 1. The molecule has 3 heterocycles. The summed E-state index contributed by atoms with van der Waals surface area (Å²) in [7, 11) is 1.74. The summed E-state index contributed by atoms with van der Waals surface area (Å²) < 4.78 is 40.1. The molecule has 0 radical (unpaired) electrons. The number of aromatic nitrogens is 4. The van der Waals surface area contributed by atoms with E-state index in [0.29, 0.717) is 11.3 Å². The van der Waals surface area contributed by atoms with E-state index in [4.69, 9.17) is 0 Å². The fraction of sp³-hybridized carbons (Fsp3) is 0.167. The minimum Gasteiger partial charge on any atom is -0.346 e. The van der Waals surface area contributed by atoms with Crippen LogP contribution in [-0.4, -0.2) is 19.7 Å². The Bertz CT molecular complexity index is 739. The molecule has 0 aliphatic rings. The highest BCUT2D eigenvalue weighted by Gasteiger charge is 2.33. The Morgan fingerprint density at radius 3 is 2.74 bits per heavy atom. The molecule has 0 saturated carbocycles. The SMILES string of the molecule is Cn1ccc(-c2cnc3[nH]cc(C(F)(F)F)c3c2)n1. The lowest BCUT2D eigenvalue weighted by Gasteiger charge is -2.04. The van der Waals surface area contributed by atoms with Gasteiger partial charge >= 0.3 is 6.18 Å². The quantitative estimate of drug-likeness (QED) is 0.736. The van der Waals surface area contributed by atoms with Crippen LogP contribution in [0.5, 0.6) is 0 Å². The molecule has 3 aromatic rings. The normalized spacial score (nSPS) is 12.2. The van der Waals surface area contributed by atoms with Crippen LogP contribution >= 0.6 is 0 Å². The van der Waals surface area contributed by atoms with Gasteiger partial charge in [0.05, 0.1) is 11.3 Å². The first-order valence-corrected chi connectivity index (χ1v) is 5.49. The first-order valence-electron chi connectivity index (χ1n) is 5.49. The number of halogens is 3. The Labute approximate surface area is 105 Å². The number of nitrogens with zero attached hydrogens (tertiary/aromatic N) is 3. The molecule has 0 bridgehead atoms. The molecular formula is C12H9F3N4. The second-order valence-corrected chi connectivity index (χ2v) is 4.19. The van der Waals surface area contributed by atoms with Gasteiger partial charge in [-0.1, -0.05) is 0 Å². The van der Waals surface area contributed by atoms with Crippen LogP contribution < -0.4 is 0 Å². The zero-order chi connectivity index (χ0) is 13.6. The van der Waals surface area contributed by atoms with Crippen molar-refractivity contribution >= 4 is 11.0 Å². The predicted octanol–water partition coefficient (Wildman–Crippen LogP) is 2.98. The van der Waals surface area contributed by atoms with Crippen LogP contribution in [0.3, 0.4) is 0 Å². The molecule has 0 aromatic carbocycles. The molecule has 19 heavy (non-hydrogen) atoms. The number of pyridine rings is 1. The van der Waals surface area contributed by atoms with Crippen molar-refractivity contribution < 1.29 is 13.2 Å². The largest absolute Gasteiger partial charge is 0.418 e. The van der Waals surface area contributed by atoms with E-state index in [0.717, 1.165) is 6.20 Å². The number of alkyl halides is 3. The van der Waals surface area contributed by atoms with Crippen molar-refractivity contribution in [2.45, 2.75) is 6.18 Å². The zero-order valence-electron chi connectivity index (χ0n) is 9.86. The second-order valence-electron chi connectivity index (χ2n) is 4.19. The standard InChI is InChI=1S/C12H9F3N4/c1-19-3-2-10(18-19)7-4-8-9(12(13,14)15)6-17-11(8)16-5-7/h2-6H,1H3,(H,16,17). The average molecular weight is 266 g/mol. The van der Waals surface area contributed by atoms with Crippen LogP contribution in [0.2, 0.25) is 0 Å². The van der Waals surface area contributed by atoms with E-state index in [-0.39, 0.29) is 11.0 Å². The van der Waals surface area contributed by atoms with Gasteiger partial charge in [-0.15, -0.1) is 0 Å². The molecule has 0 fully saturated rings. The van der Waals surface area contributed by atoms with Gasteiger partial charge in [0.25, 0.3) is 0 Å². The minimum atomic E-state index is -4.40. The van der Waals surface area contributed by atoms with Crippen molar-refractivity contribution in [3.05, 3.63) is 36.3 Å². The van der Waals surface area contributed by atoms with Crippen LogP contribution in [0, 0.1) is 0 Å². The van der Waals surface area contributed by atoms with E-state index < -0.39 is 11.7 Å².